The highest BCUT2D eigenvalue weighted by Gasteiger charge is 2.24. The van der Waals surface area contributed by atoms with Crippen molar-refractivity contribution < 1.29 is 9.47 Å². The highest BCUT2D eigenvalue weighted by atomic mass is 16.5. The summed E-state index contributed by atoms with van der Waals surface area (Å²) in [6, 6.07) is 6.14. The summed E-state index contributed by atoms with van der Waals surface area (Å²) in [7, 11) is 3.48. The quantitative estimate of drug-likeness (QED) is 0.899. The Balaban J connectivity index is 2.27. The molecule has 0 aromatic heterocycles. The molecule has 4 nitrogen and oxygen atoms in total. The lowest BCUT2D eigenvalue weighted by atomic mass is 9.96. The molecule has 20 heavy (non-hydrogen) atoms. The minimum atomic E-state index is -0.0380. The van der Waals surface area contributed by atoms with Crippen LogP contribution in [0.25, 0.3) is 0 Å². The summed E-state index contributed by atoms with van der Waals surface area (Å²) < 4.78 is 10.8. The highest BCUT2D eigenvalue weighted by Crippen LogP contribution is 2.35. The summed E-state index contributed by atoms with van der Waals surface area (Å²) in [6.45, 7) is 4.94. The van der Waals surface area contributed by atoms with Gasteiger partial charge in [-0.25, -0.2) is 0 Å². The number of rotatable bonds is 5. The van der Waals surface area contributed by atoms with Crippen molar-refractivity contribution in [2.24, 2.45) is 11.7 Å². The van der Waals surface area contributed by atoms with E-state index in [9.17, 15) is 0 Å². The second-order valence-corrected chi connectivity index (χ2v) is 5.59. The van der Waals surface area contributed by atoms with Gasteiger partial charge in [-0.3, -0.25) is 0 Å². The predicted molar refractivity (Wildman–Crippen MR) is 82.4 cm³/mol. The lowest BCUT2D eigenvalue weighted by Crippen LogP contribution is -2.38. The van der Waals surface area contributed by atoms with Crippen molar-refractivity contribution in [1.82, 2.24) is 0 Å². The van der Waals surface area contributed by atoms with Crippen molar-refractivity contribution in [2.45, 2.75) is 25.8 Å². The van der Waals surface area contributed by atoms with Crippen LogP contribution in [0, 0.1) is 5.92 Å². The zero-order chi connectivity index (χ0) is 14.5. The summed E-state index contributed by atoms with van der Waals surface area (Å²) in [4.78, 5) is 2.42. The molecule has 0 bridgehead atoms. The fourth-order valence-electron chi connectivity index (χ4n) is 3.10. The molecule has 112 valence electrons. The van der Waals surface area contributed by atoms with Gasteiger partial charge in [0.2, 0.25) is 0 Å². The average Bonchev–Trinajstić information content (AvgIpc) is 2.47. The number of hydrogen-bond acceptors (Lipinski definition) is 4. The van der Waals surface area contributed by atoms with Crippen LogP contribution in [0.2, 0.25) is 0 Å². The third-order valence-corrected chi connectivity index (χ3v) is 3.98. The number of ether oxygens (including phenoxy) is 2. The molecule has 1 heterocycles. The van der Waals surface area contributed by atoms with Gasteiger partial charge in [0.15, 0.2) is 0 Å². The molecular formula is C16H26N2O2. The number of anilines is 1. The van der Waals surface area contributed by atoms with Gasteiger partial charge in [-0.15, -0.1) is 0 Å². The van der Waals surface area contributed by atoms with Crippen LogP contribution in [0.15, 0.2) is 18.2 Å². The van der Waals surface area contributed by atoms with E-state index in [0.717, 1.165) is 31.0 Å². The van der Waals surface area contributed by atoms with Crippen LogP contribution in [-0.2, 0) is 4.74 Å². The van der Waals surface area contributed by atoms with E-state index >= 15 is 0 Å². The van der Waals surface area contributed by atoms with Crippen molar-refractivity contribution in [2.75, 3.05) is 38.8 Å². The summed E-state index contributed by atoms with van der Waals surface area (Å²) in [5, 5.41) is 0. The van der Waals surface area contributed by atoms with E-state index in [1.54, 1.807) is 14.2 Å². The van der Waals surface area contributed by atoms with Crippen LogP contribution in [0.5, 0.6) is 5.75 Å². The van der Waals surface area contributed by atoms with Gasteiger partial charge in [0.1, 0.15) is 5.75 Å². The molecule has 0 radical (unpaired) electrons. The van der Waals surface area contributed by atoms with E-state index in [1.165, 1.54) is 18.5 Å². The maximum atomic E-state index is 6.16. The van der Waals surface area contributed by atoms with E-state index in [2.05, 4.69) is 11.0 Å². The molecule has 1 aromatic rings. The number of nitrogens with two attached hydrogens (primary N) is 1. The van der Waals surface area contributed by atoms with Gasteiger partial charge in [-0.1, -0.05) is 6.07 Å². The Hall–Kier alpha value is -1.26. The minimum Gasteiger partial charge on any atom is -0.496 e. The molecule has 1 saturated heterocycles. The maximum absolute atomic E-state index is 6.16. The van der Waals surface area contributed by atoms with Gasteiger partial charge >= 0.3 is 0 Å². The molecular weight excluding hydrogens is 252 g/mol. The largest absolute Gasteiger partial charge is 0.496 e. The molecule has 0 amide bonds. The first-order valence-electron chi connectivity index (χ1n) is 7.33. The molecule has 4 heteroatoms. The molecule has 2 N–H and O–H groups in total. The van der Waals surface area contributed by atoms with E-state index in [-0.39, 0.29) is 6.04 Å². The predicted octanol–water partition coefficient (Wildman–Crippen LogP) is 2.58. The van der Waals surface area contributed by atoms with Crippen LogP contribution in [0.3, 0.4) is 0 Å². The third kappa shape index (κ3) is 3.25. The number of hydrogen-bond donors (Lipinski definition) is 1. The first-order chi connectivity index (χ1) is 9.67. The zero-order valence-electron chi connectivity index (χ0n) is 12.8. The topological polar surface area (TPSA) is 47.7 Å². The van der Waals surface area contributed by atoms with Crippen LogP contribution in [0.1, 0.15) is 31.4 Å². The van der Waals surface area contributed by atoms with Crippen molar-refractivity contribution in [3.63, 3.8) is 0 Å². The normalized spacial score (nSPS) is 20.8. The Labute approximate surface area is 121 Å². The fourth-order valence-corrected chi connectivity index (χ4v) is 3.10. The van der Waals surface area contributed by atoms with Gasteiger partial charge in [0.25, 0.3) is 0 Å². The van der Waals surface area contributed by atoms with Crippen LogP contribution in [0.4, 0.5) is 5.69 Å². The number of methoxy groups -OCH3 is 2. The molecule has 0 saturated carbocycles. The monoisotopic (exact) mass is 278 g/mol. The van der Waals surface area contributed by atoms with Crippen molar-refractivity contribution in [3.8, 4) is 5.75 Å². The standard InChI is InChI=1S/C16H26N2O2/c1-12(17)16-14(7-4-8-15(16)20-3)18-9-5-6-13(10-18)11-19-2/h4,7-8,12-13H,5-6,9-11,17H2,1-3H3/t12-,13?/m1/s1. The molecule has 1 unspecified atom stereocenters. The third-order valence-electron chi connectivity index (χ3n) is 3.98. The first kappa shape index (κ1) is 15.1. The molecule has 2 atom stereocenters. The summed E-state index contributed by atoms with van der Waals surface area (Å²) in [6.07, 6.45) is 2.44. The fraction of sp³-hybridized carbons (Fsp3) is 0.625. The van der Waals surface area contributed by atoms with Crippen LogP contribution in [-0.4, -0.2) is 33.9 Å². The Morgan fingerprint density at radius 3 is 2.85 bits per heavy atom. The van der Waals surface area contributed by atoms with Crippen molar-refractivity contribution in [1.29, 1.82) is 0 Å². The average molecular weight is 278 g/mol. The lowest BCUT2D eigenvalue weighted by Gasteiger charge is -2.36. The smallest absolute Gasteiger partial charge is 0.125 e. The molecule has 0 aliphatic carbocycles. The lowest BCUT2D eigenvalue weighted by molar-refractivity contribution is 0.143. The van der Waals surface area contributed by atoms with Gasteiger partial charge in [-0.2, -0.15) is 0 Å². The Morgan fingerprint density at radius 2 is 2.20 bits per heavy atom. The van der Waals surface area contributed by atoms with Gasteiger partial charge in [0, 0.05) is 37.5 Å². The van der Waals surface area contributed by atoms with E-state index in [4.69, 9.17) is 15.2 Å². The summed E-state index contributed by atoms with van der Waals surface area (Å²) in [5.74, 6) is 1.48. The zero-order valence-corrected chi connectivity index (χ0v) is 12.8. The second-order valence-electron chi connectivity index (χ2n) is 5.59. The molecule has 0 spiro atoms. The SMILES string of the molecule is COCC1CCCN(c2cccc(OC)c2[C@@H](C)N)C1. The van der Waals surface area contributed by atoms with Gasteiger partial charge in [0.05, 0.1) is 13.7 Å². The molecule has 1 aromatic carbocycles. The Morgan fingerprint density at radius 1 is 1.40 bits per heavy atom. The van der Waals surface area contributed by atoms with Crippen LogP contribution < -0.4 is 15.4 Å². The number of benzene rings is 1. The number of nitrogens with zero attached hydrogens (tertiary/aromatic N) is 1. The van der Waals surface area contributed by atoms with E-state index < -0.39 is 0 Å². The van der Waals surface area contributed by atoms with Crippen molar-refractivity contribution >= 4 is 5.69 Å². The highest BCUT2D eigenvalue weighted by molar-refractivity contribution is 5.61. The molecule has 1 fully saturated rings. The Bertz CT molecular complexity index is 432. The maximum Gasteiger partial charge on any atom is 0.125 e. The van der Waals surface area contributed by atoms with Crippen molar-refractivity contribution in [3.05, 3.63) is 23.8 Å². The summed E-state index contributed by atoms with van der Waals surface area (Å²) >= 11 is 0. The minimum absolute atomic E-state index is 0.0380. The summed E-state index contributed by atoms with van der Waals surface area (Å²) in [5.41, 5.74) is 8.47. The second kappa shape index (κ2) is 6.95. The van der Waals surface area contributed by atoms with E-state index in [0.29, 0.717) is 5.92 Å². The molecule has 2 rings (SSSR count). The number of piperidine rings is 1. The Kier molecular flexibility index (Phi) is 5.26. The molecule has 1 aliphatic rings. The van der Waals surface area contributed by atoms with Gasteiger partial charge in [-0.05, 0) is 37.8 Å². The first-order valence-corrected chi connectivity index (χ1v) is 7.33. The van der Waals surface area contributed by atoms with Crippen LogP contribution >= 0.6 is 0 Å². The van der Waals surface area contributed by atoms with Gasteiger partial charge < -0.3 is 20.1 Å². The molecule has 1 aliphatic heterocycles. The van der Waals surface area contributed by atoms with E-state index in [1.807, 2.05) is 19.1 Å².